The van der Waals surface area contributed by atoms with Gasteiger partial charge in [0.25, 0.3) is 0 Å². The van der Waals surface area contributed by atoms with E-state index in [1.54, 1.807) is 0 Å². The lowest BCUT2D eigenvalue weighted by Gasteiger charge is -2.33. The van der Waals surface area contributed by atoms with Crippen LogP contribution in [-0.4, -0.2) is 42.3 Å². The lowest BCUT2D eigenvalue weighted by molar-refractivity contribution is 0.213. The Bertz CT molecular complexity index is 400. The van der Waals surface area contributed by atoms with Crippen molar-refractivity contribution in [1.82, 2.24) is 4.90 Å². The average molecular weight is 290 g/mol. The number of benzene rings is 1. The highest BCUT2D eigenvalue weighted by molar-refractivity contribution is 5.46. The van der Waals surface area contributed by atoms with Gasteiger partial charge in [0, 0.05) is 31.4 Å². The third-order valence-electron chi connectivity index (χ3n) is 4.36. The molecule has 3 nitrogen and oxygen atoms in total. The van der Waals surface area contributed by atoms with Gasteiger partial charge in [-0.3, -0.25) is 0 Å². The van der Waals surface area contributed by atoms with E-state index >= 15 is 0 Å². The molecule has 2 N–H and O–H groups in total. The van der Waals surface area contributed by atoms with E-state index in [0.717, 1.165) is 6.42 Å². The summed E-state index contributed by atoms with van der Waals surface area (Å²) in [6.45, 7) is 6.14. The molecule has 0 bridgehead atoms. The lowest BCUT2D eigenvalue weighted by Crippen LogP contribution is -2.39. The number of nitrogens with one attached hydrogen (secondary N) is 1. The maximum atomic E-state index is 8.76. The van der Waals surface area contributed by atoms with E-state index in [0.29, 0.717) is 12.6 Å². The third kappa shape index (κ3) is 6.06. The Hall–Kier alpha value is -1.06. The predicted octanol–water partition coefficient (Wildman–Crippen LogP) is 3.42. The Kier molecular flexibility index (Phi) is 7.04. The van der Waals surface area contributed by atoms with Crippen LogP contribution >= 0.6 is 0 Å². The minimum Gasteiger partial charge on any atom is -0.396 e. The third-order valence-corrected chi connectivity index (χ3v) is 4.36. The van der Waals surface area contributed by atoms with Crippen LogP contribution in [0.1, 0.15) is 44.1 Å². The van der Waals surface area contributed by atoms with Crippen LogP contribution in [0.4, 0.5) is 5.69 Å². The summed E-state index contributed by atoms with van der Waals surface area (Å²) in [6, 6.07) is 9.29. The van der Waals surface area contributed by atoms with Gasteiger partial charge in [0.15, 0.2) is 0 Å². The highest BCUT2D eigenvalue weighted by Crippen LogP contribution is 2.18. The fourth-order valence-corrected chi connectivity index (χ4v) is 3.07. The van der Waals surface area contributed by atoms with Crippen molar-refractivity contribution in [2.75, 3.05) is 31.6 Å². The second kappa shape index (κ2) is 9.06. The molecule has 1 heterocycles. The zero-order valence-corrected chi connectivity index (χ0v) is 13.4. The minimum absolute atomic E-state index is 0.343. The lowest BCUT2D eigenvalue weighted by atomic mass is 10.0. The van der Waals surface area contributed by atoms with Crippen molar-refractivity contribution in [1.29, 1.82) is 0 Å². The SMILES string of the molecule is Cc1cccc(NC2CCN(CCCCCCO)CC2)c1. The van der Waals surface area contributed by atoms with Crippen molar-refractivity contribution < 1.29 is 5.11 Å². The Morgan fingerprint density at radius 1 is 1.14 bits per heavy atom. The van der Waals surface area contributed by atoms with Crippen LogP contribution in [0.5, 0.6) is 0 Å². The van der Waals surface area contributed by atoms with Crippen LogP contribution < -0.4 is 5.32 Å². The number of rotatable bonds is 8. The number of piperidine rings is 1. The van der Waals surface area contributed by atoms with Gasteiger partial charge in [-0.25, -0.2) is 0 Å². The molecule has 1 fully saturated rings. The Balaban J connectivity index is 1.62. The molecule has 2 rings (SSSR count). The number of nitrogens with zero attached hydrogens (tertiary/aromatic N) is 1. The van der Waals surface area contributed by atoms with Crippen molar-refractivity contribution in [3.63, 3.8) is 0 Å². The fourth-order valence-electron chi connectivity index (χ4n) is 3.07. The van der Waals surface area contributed by atoms with Crippen LogP contribution in [0.2, 0.25) is 0 Å². The molecule has 0 atom stereocenters. The number of unbranched alkanes of at least 4 members (excludes halogenated alkanes) is 3. The van der Waals surface area contributed by atoms with Crippen molar-refractivity contribution >= 4 is 5.69 Å². The van der Waals surface area contributed by atoms with Crippen molar-refractivity contribution in [3.8, 4) is 0 Å². The summed E-state index contributed by atoms with van der Waals surface area (Å²) in [5.74, 6) is 0. The number of aryl methyl sites for hydroxylation is 1. The summed E-state index contributed by atoms with van der Waals surface area (Å²) >= 11 is 0. The van der Waals surface area contributed by atoms with Crippen molar-refractivity contribution in [2.24, 2.45) is 0 Å². The summed E-state index contributed by atoms with van der Waals surface area (Å²) in [6.07, 6.45) is 7.14. The van der Waals surface area contributed by atoms with Crippen LogP contribution in [0.3, 0.4) is 0 Å². The predicted molar refractivity (Wildman–Crippen MR) is 89.8 cm³/mol. The van der Waals surface area contributed by atoms with Crippen molar-refractivity contribution in [2.45, 2.75) is 51.5 Å². The van der Waals surface area contributed by atoms with Gasteiger partial charge in [0.1, 0.15) is 0 Å². The first-order chi connectivity index (χ1) is 10.3. The second-order valence-electron chi connectivity index (χ2n) is 6.27. The monoisotopic (exact) mass is 290 g/mol. The number of aliphatic hydroxyl groups excluding tert-OH is 1. The summed E-state index contributed by atoms with van der Waals surface area (Å²) < 4.78 is 0. The Labute approximate surface area is 129 Å². The van der Waals surface area contributed by atoms with E-state index in [1.807, 2.05) is 0 Å². The molecule has 0 saturated carbocycles. The summed E-state index contributed by atoms with van der Waals surface area (Å²) in [4.78, 5) is 2.59. The van der Waals surface area contributed by atoms with E-state index in [9.17, 15) is 0 Å². The van der Waals surface area contributed by atoms with E-state index in [2.05, 4.69) is 41.4 Å². The fraction of sp³-hybridized carbons (Fsp3) is 0.667. The molecule has 1 aromatic carbocycles. The molecule has 0 aromatic heterocycles. The largest absolute Gasteiger partial charge is 0.396 e. The van der Waals surface area contributed by atoms with Gasteiger partial charge in [-0.1, -0.05) is 25.0 Å². The molecule has 0 aliphatic carbocycles. The molecule has 0 radical (unpaired) electrons. The second-order valence-corrected chi connectivity index (χ2v) is 6.27. The number of aliphatic hydroxyl groups is 1. The molecule has 1 aromatic rings. The highest BCUT2D eigenvalue weighted by Gasteiger charge is 2.18. The molecule has 1 aliphatic heterocycles. The molecular weight excluding hydrogens is 260 g/mol. The summed E-state index contributed by atoms with van der Waals surface area (Å²) in [5, 5.41) is 12.4. The van der Waals surface area contributed by atoms with E-state index in [4.69, 9.17) is 5.11 Å². The summed E-state index contributed by atoms with van der Waals surface area (Å²) in [7, 11) is 0. The van der Waals surface area contributed by atoms with Gasteiger partial charge in [0.05, 0.1) is 0 Å². The molecule has 3 heteroatoms. The van der Waals surface area contributed by atoms with Gasteiger partial charge < -0.3 is 15.3 Å². The van der Waals surface area contributed by atoms with Crippen LogP contribution in [0.25, 0.3) is 0 Å². The van der Waals surface area contributed by atoms with E-state index in [1.165, 1.54) is 63.0 Å². The summed E-state index contributed by atoms with van der Waals surface area (Å²) in [5.41, 5.74) is 2.58. The van der Waals surface area contributed by atoms with Crippen LogP contribution in [-0.2, 0) is 0 Å². The van der Waals surface area contributed by atoms with Crippen LogP contribution in [0, 0.1) is 6.92 Å². The number of hydrogen-bond donors (Lipinski definition) is 2. The van der Waals surface area contributed by atoms with Gasteiger partial charge in [0.2, 0.25) is 0 Å². The van der Waals surface area contributed by atoms with Gasteiger partial charge >= 0.3 is 0 Å². The molecule has 0 unspecified atom stereocenters. The number of hydrogen-bond acceptors (Lipinski definition) is 3. The minimum atomic E-state index is 0.343. The van der Waals surface area contributed by atoms with E-state index < -0.39 is 0 Å². The van der Waals surface area contributed by atoms with Gasteiger partial charge in [-0.05, 0) is 56.8 Å². The quantitative estimate of drug-likeness (QED) is 0.720. The average Bonchev–Trinajstić information content (AvgIpc) is 2.49. The topological polar surface area (TPSA) is 35.5 Å². The molecule has 21 heavy (non-hydrogen) atoms. The van der Waals surface area contributed by atoms with Crippen LogP contribution in [0.15, 0.2) is 24.3 Å². The maximum Gasteiger partial charge on any atom is 0.0431 e. The number of likely N-dealkylation sites (tertiary alicyclic amines) is 1. The molecular formula is C18H30N2O. The molecule has 118 valence electrons. The first-order valence-electron chi connectivity index (χ1n) is 8.44. The first-order valence-corrected chi connectivity index (χ1v) is 8.44. The molecule has 1 aliphatic rings. The van der Waals surface area contributed by atoms with Gasteiger partial charge in [-0.15, -0.1) is 0 Å². The standard InChI is InChI=1S/C18H30N2O/c1-16-7-6-8-18(15-16)19-17-9-12-20(13-10-17)11-4-2-3-5-14-21/h6-8,15,17,19,21H,2-5,9-14H2,1H3. The molecule has 0 amide bonds. The first kappa shape index (κ1) is 16.3. The normalized spacial score (nSPS) is 17.0. The smallest absolute Gasteiger partial charge is 0.0431 e. The Morgan fingerprint density at radius 3 is 2.62 bits per heavy atom. The highest BCUT2D eigenvalue weighted by atomic mass is 16.2. The zero-order valence-electron chi connectivity index (χ0n) is 13.4. The molecule has 1 saturated heterocycles. The maximum absolute atomic E-state index is 8.76. The van der Waals surface area contributed by atoms with E-state index in [-0.39, 0.29) is 0 Å². The zero-order chi connectivity index (χ0) is 14.9. The molecule has 0 spiro atoms. The van der Waals surface area contributed by atoms with Crippen molar-refractivity contribution in [3.05, 3.63) is 29.8 Å². The number of anilines is 1. The van der Waals surface area contributed by atoms with Gasteiger partial charge in [-0.2, -0.15) is 0 Å². The Morgan fingerprint density at radius 2 is 1.90 bits per heavy atom.